The van der Waals surface area contributed by atoms with Crippen LogP contribution in [0.5, 0.6) is 5.75 Å². The molecule has 3 rings (SSSR count). The second-order valence-electron chi connectivity index (χ2n) is 4.90. The summed E-state index contributed by atoms with van der Waals surface area (Å²) in [7, 11) is -2.22. The first-order valence-electron chi connectivity index (χ1n) is 6.73. The molecule has 1 aromatic heterocycles. The molecule has 3 aromatic rings. The molecule has 0 aliphatic rings. The molecule has 0 atom stereocenters. The molecule has 23 heavy (non-hydrogen) atoms. The monoisotopic (exact) mass is 413 g/mol. The smallest absolute Gasteiger partial charge is 0.268 e. The van der Waals surface area contributed by atoms with Crippen molar-refractivity contribution in [2.24, 2.45) is 0 Å². The highest BCUT2D eigenvalue weighted by molar-refractivity contribution is 9.08. The number of aromatic nitrogens is 1. The van der Waals surface area contributed by atoms with Gasteiger partial charge in [-0.3, -0.25) is 0 Å². The van der Waals surface area contributed by atoms with Gasteiger partial charge in [-0.15, -0.1) is 0 Å². The number of nitrogens with zero attached hydrogens (tertiary/aromatic N) is 1. The average molecular weight is 415 g/mol. The lowest BCUT2D eigenvalue weighted by atomic mass is 10.2. The SMILES string of the molecule is COc1cc2c(cc1Cl)cc(CBr)n2S(=O)(=O)c1ccccc1. The van der Waals surface area contributed by atoms with Crippen LogP contribution < -0.4 is 4.74 Å². The fourth-order valence-electron chi connectivity index (χ4n) is 2.47. The van der Waals surface area contributed by atoms with E-state index in [1.54, 1.807) is 48.5 Å². The fourth-order valence-corrected chi connectivity index (χ4v) is 4.86. The Hall–Kier alpha value is -1.50. The number of rotatable bonds is 4. The predicted molar refractivity (Wildman–Crippen MR) is 95.2 cm³/mol. The van der Waals surface area contributed by atoms with Crippen LogP contribution in [-0.2, 0) is 15.4 Å². The second kappa shape index (κ2) is 6.19. The van der Waals surface area contributed by atoms with E-state index >= 15 is 0 Å². The van der Waals surface area contributed by atoms with E-state index in [4.69, 9.17) is 16.3 Å². The third-order valence-corrected chi connectivity index (χ3v) is 6.17. The molecular formula is C16H13BrClNO3S. The van der Waals surface area contributed by atoms with Crippen LogP contribution >= 0.6 is 27.5 Å². The first-order chi connectivity index (χ1) is 11.0. The number of hydrogen-bond acceptors (Lipinski definition) is 3. The van der Waals surface area contributed by atoms with Gasteiger partial charge in [-0.1, -0.05) is 45.7 Å². The lowest BCUT2D eigenvalue weighted by Gasteiger charge is -2.11. The van der Waals surface area contributed by atoms with Crippen molar-refractivity contribution in [1.82, 2.24) is 3.97 Å². The van der Waals surface area contributed by atoms with Crippen molar-refractivity contribution in [3.05, 3.63) is 59.2 Å². The van der Waals surface area contributed by atoms with Gasteiger partial charge in [-0.05, 0) is 24.3 Å². The molecule has 0 saturated heterocycles. The van der Waals surface area contributed by atoms with Crippen LogP contribution in [-0.4, -0.2) is 19.5 Å². The van der Waals surface area contributed by atoms with Crippen LogP contribution in [0.3, 0.4) is 0 Å². The van der Waals surface area contributed by atoms with Gasteiger partial charge in [-0.2, -0.15) is 0 Å². The van der Waals surface area contributed by atoms with Crippen molar-refractivity contribution in [1.29, 1.82) is 0 Å². The molecule has 0 amide bonds. The van der Waals surface area contributed by atoms with Crippen molar-refractivity contribution in [3.8, 4) is 5.75 Å². The summed E-state index contributed by atoms with van der Waals surface area (Å²) in [5, 5.41) is 1.58. The molecule has 1 heterocycles. The third-order valence-electron chi connectivity index (χ3n) is 3.52. The zero-order chi connectivity index (χ0) is 16.6. The van der Waals surface area contributed by atoms with E-state index in [0.29, 0.717) is 27.3 Å². The Labute approximate surface area is 147 Å². The quantitative estimate of drug-likeness (QED) is 0.593. The maximum absolute atomic E-state index is 13.0. The molecule has 0 saturated carbocycles. The van der Waals surface area contributed by atoms with Crippen molar-refractivity contribution >= 4 is 48.5 Å². The number of benzene rings is 2. The summed E-state index contributed by atoms with van der Waals surface area (Å²) < 4.78 is 32.6. The van der Waals surface area contributed by atoms with Gasteiger partial charge in [-0.25, -0.2) is 12.4 Å². The number of hydrogen-bond donors (Lipinski definition) is 0. The van der Waals surface area contributed by atoms with Gasteiger partial charge in [0.25, 0.3) is 10.0 Å². The summed E-state index contributed by atoms with van der Waals surface area (Å²) in [5.41, 5.74) is 1.15. The number of fused-ring (bicyclic) bond motifs is 1. The molecule has 0 fully saturated rings. The molecule has 7 heteroatoms. The zero-order valence-electron chi connectivity index (χ0n) is 12.2. The van der Waals surface area contributed by atoms with Crippen LogP contribution in [0.2, 0.25) is 5.02 Å². The van der Waals surface area contributed by atoms with Gasteiger partial charge in [0, 0.05) is 22.5 Å². The van der Waals surface area contributed by atoms with Gasteiger partial charge in [0.05, 0.1) is 22.5 Å². The van der Waals surface area contributed by atoms with Crippen molar-refractivity contribution in [3.63, 3.8) is 0 Å². The number of halogens is 2. The highest BCUT2D eigenvalue weighted by Gasteiger charge is 2.23. The predicted octanol–water partition coefficient (Wildman–Crippen LogP) is 4.44. The maximum atomic E-state index is 13.0. The maximum Gasteiger partial charge on any atom is 0.268 e. The van der Waals surface area contributed by atoms with Crippen LogP contribution in [0.25, 0.3) is 10.9 Å². The second-order valence-corrected chi connectivity index (χ2v) is 7.65. The van der Waals surface area contributed by atoms with Crippen molar-refractivity contribution < 1.29 is 13.2 Å². The van der Waals surface area contributed by atoms with Crippen molar-refractivity contribution in [2.75, 3.05) is 7.11 Å². The fraction of sp³-hybridized carbons (Fsp3) is 0.125. The Kier molecular flexibility index (Phi) is 4.40. The Morgan fingerprint density at radius 1 is 1.17 bits per heavy atom. The summed E-state index contributed by atoms with van der Waals surface area (Å²) in [5.74, 6) is 0.433. The molecule has 0 unspecified atom stereocenters. The van der Waals surface area contributed by atoms with Crippen LogP contribution in [0.4, 0.5) is 0 Å². The highest BCUT2D eigenvalue weighted by Crippen LogP contribution is 2.34. The average Bonchev–Trinajstić information content (AvgIpc) is 2.92. The summed E-state index contributed by atoms with van der Waals surface area (Å²) in [6, 6.07) is 13.5. The molecule has 4 nitrogen and oxygen atoms in total. The lowest BCUT2D eigenvalue weighted by molar-refractivity contribution is 0.415. The number of methoxy groups -OCH3 is 1. The molecular weight excluding hydrogens is 402 g/mol. The van der Waals surface area contributed by atoms with Gasteiger partial charge in [0.2, 0.25) is 0 Å². The highest BCUT2D eigenvalue weighted by atomic mass is 79.9. The molecule has 0 radical (unpaired) electrons. The molecule has 120 valence electrons. The molecule has 0 bridgehead atoms. The van der Waals surface area contributed by atoms with E-state index in [1.807, 2.05) is 0 Å². The Morgan fingerprint density at radius 3 is 2.48 bits per heavy atom. The zero-order valence-corrected chi connectivity index (χ0v) is 15.3. The number of ether oxygens (including phenoxy) is 1. The Balaban J connectivity index is 2.36. The lowest BCUT2D eigenvalue weighted by Crippen LogP contribution is -2.15. The Bertz CT molecular complexity index is 968. The standard InChI is InChI=1S/C16H13BrClNO3S/c1-22-16-9-15-11(8-14(16)18)7-12(10-17)19(15)23(20,21)13-5-3-2-4-6-13/h2-9H,10H2,1H3. The van der Waals surface area contributed by atoms with E-state index in [0.717, 1.165) is 5.39 Å². The number of alkyl halides is 1. The van der Waals surface area contributed by atoms with Gasteiger partial charge in [0.15, 0.2) is 0 Å². The van der Waals surface area contributed by atoms with Crippen LogP contribution in [0.1, 0.15) is 5.69 Å². The third kappa shape index (κ3) is 2.75. The minimum atomic E-state index is -3.71. The first kappa shape index (κ1) is 16.4. The van der Waals surface area contributed by atoms with Gasteiger partial charge < -0.3 is 4.74 Å². The molecule has 0 aliphatic heterocycles. The summed E-state index contributed by atoms with van der Waals surface area (Å²) in [6.45, 7) is 0. The van der Waals surface area contributed by atoms with E-state index in [-0.39, 0.29) is 4.90 Å². The van der Waals surface area contributed by atoms with Crippen LogP contribution in [0, 0.1) is 0 Å². The van der Waals surface area contributed by atoms with E-state index in [1.165, 1.54) is 11.1 Å². The van der Waals surface area contributed by atoms with Gasteiger partial charge in [0.1, 0.15) is 5.75 Å². The molecule has 0 N–H and O–H groups in total. The topological polar surface area (TPSA) is 48.3 Å². The summed E-state index contributed by atoms with van der Waals surface area (Å²) in [6.07, 6.45) is 0. The van der Waals surface area contributed by atoms with E-state index in [9.17, 15) is 8.42 Å². The summed E-state index contributed by atoms with van der Waals surface area (Å²) >= 11 is 9.50. The molecule has 0 spiro atoms. The van der Waals surface area contributed by atoms with E-state index in [2.05, 4.69) is 15.9 Å². The first-order valence-corrected chi connectivity index (χ1v) is 9.67. The molecule has 0 aliphatic carbocycles. The minimum absolute atomic E-state index is 0.230. The largest absolute Gasteiger partial charge is 0.495 e. The van der Waals surface area contributed by atoms with Crippen LogP contribution in [0.15, 0.2) is 53.4 Å². The Morgan fingerprint density at radius 2 is 1.87 bits per heavy atom. The minimum Gasteiger partial charge on any atom is -0.495 e. The van der Waals surface area contributed by atoms with Crippen molar-refractivity contribution in [2.45, 2.75) is 10.2 Å². The summed E-state index contributed by atoms with van der Waals surface area (Å²) in [4.78, 5) is 0.230. The van der Waals surface area contributed by atoms with E-state index < -0.39 is 10.0 Å². The normalized spacial score (nSPS) is 11.8. The van der Waals surface area contributed by atoms with Gasteiger partial charge >= 0.3 is 0 Å². The molecule has 2 aromatic carbocycles.